The summed E-state index contributed by atoms with van der Waals surface area (Å²) in [6.07, 6.45) is 5.86. The number of unbranched alkanes of at least 4 members (excludes halogenated alkanes) is 1. The summed E-state index contributed by atoms with van der Waals surface area (Å²) in [5.74, 6) is -0.755. The number of ketones is 1. The quantitative estimate of drug-likeness (QED) is 0.265. The number of rotatable bonds is 14. The van der Waals surface area contributed by atoms with Gasteiger partial charge in [0, 0.05) is 38.3 Å². The molecule has 0 aliphatic carbocycles. The van der Waals surface area contributed by atoms with Gasteiger partial charge in [-0.05, 0) is 48.4 Å². The van der Waals surface area contributed by atoms with Gasteiger partial charge >= 0.3 is 0 Å². The van der Waals surface area contributed by atoms with E-state index in [4.69, 9.17) is 0 Å². The van der Waals surface area contributed by atoms with Crippen LogP contribution >= 0.6 is 0 Å². The van der Waals surface area contributed by atoms with E-state index in [1.54, 1.807) is 30.3 Å². The number of carbonyl (C=O) groups is 2. The van der Waals surface area contributed by atoms with Crippen molar-refractivity contribution in [3.8, 4) is 0 Å². The first-order valence-electron chi connectivity index (χ1n) is 14.9. The van der Waals surface area contributed by atoms with Gasteiger partial charge in [-0.1, -0.05) is 92.6 Å². The zero-order valence-electron chi connectivity index (χ0n) is 25.0. The zero-order valence-corrected chi connectivity index (χ0v) is 25.9. The van der Waals surface area contributed by atoms with E-state index in [1.165, 1.54) is 17.7 Å². The van der Waals surface area contributed by atoms with Crippen LogP contribution in [-0.2, 0) is 21.4 Å². The van der Waals surface area contributed by atoms with Crippen LogP contribution in [0.3, 0.4) is 0 Å². The van der Waals surface area contributed by atoms with Crippen LogP contribution in [0, 0.1) is 0 Å². The molecular formula is C34H42N4O4S. The molecule has 2 N–H and O–H groups in total. The Kier molecular flexibility index (Phi) is 11.8. The van der Waals surface area contributed by atoms with Crippen LogP contribution in [0.1, 0.15) is 53.2 Å². The number of Topliss-reactive ketones (excluding diaryl/α,β-unsaturated/α-hetero) is 1. The Morgan fingerprint density at radius 3 is 2.26 bits per heavy atom. The summed E-state index contributed by atoms with van der Waals surface area (Å²) in [5.41, 5.74) is 3.48. The van der Waals surface area contributed by atoms with Crippen LogP contribution in [0.25, 0.3) is 12.2 Å². The second-order valence-electron chi connectivity index (χ2n) is 11.0. The second kappa shape index (κ2) is 15.7. The summed E-state index contributed by atoms with van der Waals surface area (Å²) in [7, 11) is -1.68. The minimum absolute atomic E-state index is 0.0855. The topological polar surface area (TPSA) is 98.8 Å². The Labute approximate surface area is 255 Å². The van der Waals surface area contributed by atoms with E-state index in [0.717, 1.165) is 50.3 Å². The first-order valence-corrected chi connectivity index (χ1v) is 16.4. The van der Waals surface area contributed by atoms with Gasteiger partial charge in [0.15, 0.2) is 5.78 Å². The molecule has 3 aromatic rings. The normalized spacial score (nSPS) is 15.4. The van der Waals surface area contributed by atoms with Crippen LogP contribution in [0.2, 0.25) is 0 Å². The Morgan fingerprint density at radius 1 is 0.884 bits per heavy atom. The Morgan fingerprint density at radius 2 is 1.56 bits per heavy atom. The molecule has 1 fully saturated rings. The lowest BCUT2D eigenvalue weighted by Gasteiger charge is -2.32. The number of amides is 1. The maximum absolute atomic E-state index is 13.4. The number of benzene rings is 3. The predicted octanol–water partition coefficient (Wildman–Crippen LogP) is 4.44. The molecule has 1 heterocycles. The molecule has 3 aromatic carbocycles. The SMILES string of the molecule is CCCCC(NC(=O)c1ccccc1C=Cc1ccc(CN2CCN(C)CC2)cc1)C(=O)CNS(=O)(=O)c1ccccc1. The molecular weight excluding hydrogens is 560 g/mol. The molecule has 0 bridgehead atoms. The molecule has 1 aliphatic heterocycles. The third kappa shape index (κ3) is 9.69. The smallest absolute Gasteiger partial charge is 0.252 e. The highest BCUT2D eigenvalue weighted by molar-refractivity contribution is 7.89. The van der Waals surface area contributed by atoms with Gasteiger partial charge in [-0.15, -0.1) is 0 Å². The highest BCUT2D eigenvalue weighted by Crippen LogP contribution is 2.16. The largest absolute Gasteiger partial charge is 0.342 e. The number of sulfonamides is 1. The van der Waals surface area contributed by atoms with Gasteiger partial charge in [0.1, 0.15) is 0 Å². The fourth-order valence-corrected chi connectivity index (χ4v) is 5.98. The number of hydrogen-bond acceptors (Lipinski definition) is 6. The summed E-state index contributed by atoms with van der Waals surface area (Å²) in [4.78, 5) is 31.4. The Balaban J connectivity index is 1.39. The van der Waals surface area contributed by atoms with Gasteiger partial charge in [-0.25, -0.2) is 13.1 Å². The summed E-state index contributed by atoms with van der Waals surface area (Å²) in [6.45, 7) is 6.87. The number of nitrogens with one attached hydrogen (secondary N) is 2. The van der Waals surface area contributed by atoms with Gasteiger partial charge in [0.25, 0.3) is 5.91 Å². The minimum atomic E-state index is -3.84. The fourth-order valence-electron chi connectivity index (χ4n) is 4.96. The van der Waals surface area contributed by atoms with Crippen molar-refractivity contribution in [3.05, 3.63) is 101 Å². The van der Waals surface area contributed by atoms with Crippen molar-refractivity contribution in [1.29, 1.82) is 0 Å². The van der Waals surface area contributed by atoms with Gasteiger partial charge in [-0.2, -0.15) is 0 Å². The maximum atomic E-state index is 13.4. The number of likely N-dealkylation sites (N-methyl/N-ethyl adjacent to an activating group) is 1. The lowest BCUT2D eigenvalue weighted by molar-refractivity contribution is -0.120. The average Bonchev–Trinajstić information content (AvgIpc) is 3.03. The number of carbonyl (C=O) groups excluding carboxylic acids is 2. The van der Waals surface area contributed by atoms with Crippen molar-refractivity contribution in [2.24, 2.45) is 0 Å². The molecule has 43 heavy (non-hydrogen) atoms. The molecule has 1 unspecified atom stereocenters. The van der Waals surface area contributed by atoms with E-state index in [0.29, 0.717) is 18.4 Å². The number of nitrogens with zero attached hydrogens (tertiary/aromatic N) is 2. The van der Waals surface area contributed by atoms with Crippen LogP contribution in [0.5, 0.6) is 0 Å². The molecule has 9 heteroatoms. The third-order valence-corrected chi connectivity index (χ3v) is 9.09. The highest BCUT2D eigenvalue weighted by Gasteiger charge is 2.24. The lowest BCUT2D eigenvalue weighted by Crippen LogP contribution is -2.45. The molecule has 8 nitrogen and oxygen atoms in total. The molecule has 228 valence electrons. The Bertz CT molecular complexity index is 1480. The van der Waals surface area contributed by atoms with Crippen LogP contribution < -0.4 is 10.0 Å². The van der Waals surface area contributed by atoms with Crippen molar-refractivity contribution in [1.82, 2.24) is 19.8 Å². The molecule has 0 aromatic heterocycles. The van der Waals surface area contributed by atoms with Gasteiger partial charge in [0.05, 0.1) is 17.5 Å². The van der Waals surface area contributed by atoms with Crippen LogP contribution in [-0.4, -0.2) is 75.7 Å². The number of piperazine rings is 1. The molecule has 4 rings (SSSR count). The standard InChI is InChI=1S/C34H42N4O4S/c1-3-4-14-32(33(39)25-35-43(41,42)30-11-6-5-7-12-30)36-34(40)31-13-9-8-10-29(31)20-19-27-15-17-28(18-16-27)26-38-23-21-37(2)22-24-38/h5-13,15-20,32,35H,3-4,14,21-26H2,1-2H3,(H,36,40). The molecule has 1 atom stereocenters. The van der Waals surface area contributed by atoms with Crippen molar-refractivity contribution < 1.29 is 18.0 Å². The average molecular weight is 603 g/mol. The van der Waals surface area contributed by atoms with E-state index in [1.807, 2.05) is 31.2 Å². The predicted molar refractivity (Wildman–Crippen MR) is 172 cm³/mol. The fraction of sp³-hybridized carbons (Fsp3) is 0.353. The first-order chi connectivity index (χ1) is 20.7. The van der Waals surface area contributed by atoms with Gasteiger partial charge in [-0.3, -0.25) is 14.5 Å². The van der Waals surface area contributed by atoms with E-state index < -0.39 is 22.6 Å². The van der Waals surface area contributed by atoms with E-state index in [9.17, 15) is 18.0 Å². The molecule has 0 saturated carbocycles. The van der Waals surface area contributed by atoms with E-state index in [-0.39, 0.29) is 16.6 Å². The molecule has 1 saturated heterocycles. The number of hydrogen-bond donors (Lipinski definition) is 2. The summed E-state index contributed by atoms with van der Waals surface area (Å²) >= 11 is 0. The molecule has 0 spiro atoms. The monoisotopic (exact) mass is 602 g/mol. The Hall–Kier alpha value is -3.63. The van der Waals surface area contributed by atoms with Crippen LogP contribution in [0.15, 0.2) is 83.8 Å². The van der Waals surface area contributed by atoms with Crippen molar-refractivity contribution >= 4 is 33.9 Å². The van der Waals surface area contributed by atoms with Crippen molar-refractivity contribution in [2.75, 3.05) is 39.8 Å². The summed E-state index contributed by atoms with van der Waals surface area (Å²) < 4.78 is 27.6. The van der Waals surface area contributed by atoms with E-state index >= 15 is 0 Å². The molecule has 1 amide bonds. The zero-order chi connectivity index (χ0) is 30.7. The van der Waals surface area contributed by atoms with Crippen molar-refractivity contribution in [2.45, 2.75) is 43.7 Å². The second-order valence-corrected chi connectivity index (χ2v) is 12.8. The summed E-state index contributed by atoms with van der Waals surface area (Å²) in [6, 6.07) is 22.8. The third-order valence-electron chi connectivity index (χ3n) is 7.67. The van der Waals surface area contributed by atoms with Crippen LogP contribution in [0.4, 0.5) is 0 Å². The summed E-state index contributed by atoms with van der Waals surface area (Å²) in [5, 5.41) is 2.87. The van der Waals surface area contributed by atoms with Gasteiger partial charge in [0.2, 0.25) is 10.0 Å². The molecule has 0 radical (unpaired) electrons. The highest BCUT2D eigenvalue weighted by atomic mass is 32.2. The molecule has 1 aliphatic rings. The first kappa shape index (κ1) is 32.3. The van der Waals surface area contributed by atoms with Crippen molar-refractivity contribution in [3.63, 3.8) is 0 Å². The van der Waals surface area contributed by atoms with Gasteiger partial charge < -0.3 is 10.2 Å². The van der Waals surface area contributed by atoms with E-state index in [2.05, 4.69) is 51.2 Å². The minimum Gasteiger partial charge on any atom is -0.342 e. The maximum Gasteiger partial charge on any atom is 0.252 e. The lowest BCUT2D eigenvalue weighted by atomic mass is 10.0.